The van der Waals surface area contributed by atoms with Crippen molar-refractivity contribution in [3.63, 3.8) is 0 Å². The van der Waals surface area contributed by atoms with Crippen LogP contribution in [0.1, 0.15) is 27.9 Å². The van der Waals surface area contributed by atoms with Crippen LogP contribution in [0.15, 0.2) is 18.2 Å². The second-order valence-electron chi connectivity index (χ2n) is 3.90. The fourth-order valence-electron chi connectivity index (χ4n) is 1.67. The van der Waals surface area contributed by atoms with Crippen molar-refractivity contribution in [1.82, 2.24) is 0 Å². The molecule has 0 fully saturated rings. The van der Waals surface area contributed by atoms with Crippen molar-refractivity contribution >= 4 is 5.78 Å². The van der Waals surface area contributed by atoms with Gasteiger partial charge in [0.15, 0.2) is 12.1 Å². The number of methoxy groups -OCH3 is 2. The average molecular weight is 222 g/mol. The molecule has 0 amide bonds. The fourth-order valence-corrected chi connectivity index (χ4v) is 1.67. The zero-order valence-electron chi connectivity index (χ0n) is 10.2. The molecular formula is C13H18O3. The monoisotopic (exact) mass is 222 g/mol. The van der Waals surface area contributed by atoms with E-state index in [0.29, 0.717) is 0 Å². The minimum Gasteiger partial charge on any atom is -0.355 e. The zero-order chi connectivity index (χ0) is 12.1. The minimum absolute atomic E-state index is 0.0421. The van der Waals surface area contributed by atoms with Crippen LogP contribution in [0.3, 0.4) is 0 Å². The topological polar surface area (TPSA) is 35.5 Å². The van der Waals surface area contributed by atoms with Crippen LogP contribution in [0.25, 0.3) is 0 Å². The molecule has 1 aromatic rings. The molecule has 1 rings (SSSR count). The van der Waals surface area contributed by atoms with E-state index in [2.05, 4.69) is 0 Å². The fraction of sp³-hybridized carbons (Fsp3) is 0.462. The molecular weight excluding hydrogens is 204 g/mol. The van der Waals surface area contributed by atoms with Crippen molar-refractivity contribution in [3.05, 3.63) is 34.9 Å². The molecule has 0 aliphatic heterocycles. The van der Waals surface area contributed by atoms with E-state index in [1.807, 2.05) is 32.0 Å². The Morgan fingerprint density at radius 3 is 2.06 bits per heavy atom. The van der Waals surface area contributed by atoms with Gasteiger partial charge in [-0.25, -0.2) is 0 Å². The Bertz CT molecular complexity index is 347. The molecule has 3 heteroatoms. The number of ketones is 1. The summed E-state index contributed by atoms with van der Waals surface area (Å²) in [7, 11) is 3.06. The third-order valence-corrected chi connectivity index (χ3v) is 2.42. The van der Waals surface area contributed by atoms with E-state index in [9.17, 15) is 4.79 Å². The maximum atomic E-state index is 11.9. The average Bonchev–Trinajstić information content (AvgIpc) is 2.24. The number of hydrogen-bond acceptors (Lipinski definition) is 3. The summed E-state index contributed by atoms with van der Waals surface area (Å²) in [6, 6.07) is 5.82. The second-order valence-corrected chi connectivity index (χ2v) is 3.90. The lowest BCUT2D eigenvalue weighted by molar-refractivity contribution is -0.0993. The lowest BCUT2D eigenvalue weighted by Crippen LogP contribution is -2.18. The lowest BCUT2D eigenvalue weighted by Gasteiger charge is -2.12. The van der Waals surface area contributed by atoms with Gasteiger partial charge in [-0.05, 0) is 26.0 Å². The Morgan fingerprint density at radius 2 is 1.62 bits per heavy atom. The normalized spacial score (nSPS) is 10.8. The minimum atomic E-state index is -0.465. The molecule has 0 N–H and O–H groups in total. The number of aryl methyl sites for hydroxylation is 2. The molecule has 0 bridgehead atoms. The number of Topliss-reactive ketones (excluding diaryl/α,β-unsaturated/α-hetero) is 1. The number of benzene rings is 1. The van der Waals surface area contributed by atoms with Crippen LogP contribution >= 0.6 is 0 Å². The summed E-state index contributed by atoms with van der Waals surface area (Å²) in [6.45, 7) is 3.96. The SMILES string of the molecule is COC(CC(=O)c1cc(C)cc(C)c1)OC. The largest absolute Gasteiger partial charge is 0.355 e. The van der Waals surface area contributed by atoms with E-state index in [-0.39, 0.29) is 12.2 Å². The summed E-state index contributed by atoms with van der Waals surface area (Å²) in [5.41, 5.74) is 2.90. The summed E-state index contributed by atoms with van der Waals surface area (Å²) in [5, 5.41) is 0. The van der Waals surface area contributed by atoms with E-state index in [1.54, 1.807) is 0 Å². The van der Waals surface area contributed by atoms with Crippen molar-refractivity contribution < 1.29 is 14.3 Å². The van der Waals surface area contributed by atoms with E-state index in [4.69, 9.17) is 9.47 Å². The van der Waals surface area contributed by atoms with Crippen LogP contribution < -0.4 is 0 Å². The standard InChI is InChI=1S/C13H18O3/c1-9-5-10(2)7-11(6-9)12(14)8-13(15-3)16-4/h5-7,13H,8H2,1-4H3. The van der Waals surface area contributed by atoms with Crippen LogP contribution in [-0.4, -0.2) is 26.3 Å². The molecule has 0 aromatic heterocycles. The van der Waals surface area contributed by atoms with Crippen LogP contribution in [0.4, 0.5) is 0 Å². The molecule has 0 saturated carbocycles. The van der Waals surface area contributed by atoms with Crippen molar-refractivity contribution in [3.8, 4) is 0 Å². The van der Waals surface area contributed by atoms with E-state index < -0.39 is 6.29 Å². The smallest absolute Gasteiger partial charge is 0.167 e. The third-order valence-electron chi connectivity index (χ3n) is 2.42. The first kappa shape index (κ1) is 12.9. The summed E-state index contributed by atoms with van der Waals surface area (Å²) >= 11 is 0. The quantitative estimate of drug-likeness (QED) is 0.567. The van der Waals surface area contributed by atoms with Crippen molar-refractivity contribution in [2.24, 2.45) is 0 Å². The number of rotatable bonds is 5. The zero-order valence-corrected chi connectivity index (χ0v) is 10.2. The van der Waals surface area contributed by atoms with E-state index in [1.165, 1.54) is 14.2 Å². The van der Waals surface area contributed by atoms with Crippen molar-refractivity contribution in [2.75, 3.05) is 14.2 Å². The summed E-state index contributed by atoms with van der Waals surface area (Å²) < 4.78 is 10.0. The molecule has 0 radical (unpaired) electrons. The Balaban J connectivity index is 2.80. The highest BCUT2D eigenvalue weighted by atomic mass is 16.7. The van der Waals surface area contributed by atoms with E-state index in [0.717, 1.165) is 16.7 Å². The van der Waals surface area contributed by atoms with Gasteiger partial charge in [0.1, 0.15) is 0 Å². The molecule has 0 atom stereocenters. The van der Waals surface area contributed by atoms with Gasteiger partial charge < -0.3 is 9.47 Å². The number of ether oxygens (including phenoxy) is 2. The summed E-state index contributed by atoms with van der Waals surface area (Å²) in [5.74, 6) is 0.0421. The predicted molar refractivity (Wildman–Crippen MR) is 62.7 cm³/mol. The van der Waals surface area contributed by atoms with Gasteiger partial charge in [0.2, 0.25) is 0 Å². The molecule has 0 unspecified atom stereocenters. The highest BCUT2D eigenvalue weighted by molar-refractivity contribution is 5.96. The Labute approximate surface area is 96.4 Å². The number of hydrogen-bond donors (Lipinski definition) is 0. The Morgan fingerprint density at radius 1 is 1.12 bits per heavy atom. The second kappa shape index (κ2) is 5.77. The van der Waals surface area contributed by atoms with Gasteiger partial charge in [0.05, 0.1) is 6.42 Å². The first-order valence-electron chi connectivity index (χ1n) is 5.24. The molecule has 16 heavy (non-hydrogen) atoms. The Hall–Kier alpha value is -1.19. The number of carbonyl (C=O) groups excluding carboxylic acids is 1. The highest BCUT2D eigenvalue weighted by Gasteiger charge is 2.14. The van der Waals surface area contributed by atoms with Crippen molar-refractivity contribution in [2.45, 2.75) is 26.6 Å². The molecule has 0 aliphatic rings. The van der Waals surface area contributed by atoms with Gasteiger partial charge in [-0.15, -0.1) is 0 Å². The van der Waals surface area contributed by atoms with Gasteiger partial charge in [0.25, 0.3) is 0 Å². The van der Waals surface area contributed by atoms with Crippen LogP contribution in [-0.2, 0) is 9.47 Å². The maximum absolute atomic E-state index is 11.9. The molecule has 3 nitrogen and oxygen atoms in total. The third kappa shape index (κ3) is 3.43. The maximum Gasteiger partial charge on any atom is 0.167 e. The van der Waals surface area contributed by atoms with Gasteiger partial charge >= 0.3 is 0 Å². The first-order chi connectivity index (χ1) is 7.56. The van der Waals surface area contributed by atoms with Crippen LogP contribution in [0.2, 0.25) is 0 Å². The molecule has 88 valence electrons. The van der Waals surface area contributed by atoms with Gasteiger partial charge in [-0.3, -0.25) is 4.79 Å². The first-order valence-corrected chi connectivity index (χ1v) is 5.24. The van der Waals surface area contributed by atoms with Gasteiger partial charge in [0, 0.05) is 19.8 Å². The molecule has 0 spiro atoms. The molecule has 1 aromatic carbocycles. The van der Waals surface area contributed by atoms with E-state index >= 15 is 0 Å². The predicted octanol–water partition coefficient (Wildman–Crippen LogP) is 2.50. The number of carbonyl (C=O) groups is 1. The summed E-state index contributed by atoms with van der Waals surface area (Å²) in [4.78, 5) is 11.9. The van der Waals surface area contributed by atoms with Gasteiger partial charge in [-0.1, -0.05) is 17.2 Å². The molecule has 0 aliphatic carbocycles. The molecule has 0 heterocycles. The highest BCUT2D eigenvalue weighted by Crippen LogP contribution is 2.13. The van der Waals surface area contributed by atoms with Crippen LogP contribution in [0.5, 0.6) is 0 Å². The molecule has 0 saturated heterocycles. The van der Waals surface area contributed by atoms with Crippen LogP contribution in [0, 0.1) is 13.8 Å². The van der Waals surface area contributed by atoms with Gasteiger partial charge in [-0.2, -0.15) is 0 Å². The summed E-state index contributed by atoms with van der Waals surface area (Å²) in [6.07, 6.45) is -0.219. The Kier molecular flexibility index (Phi) is 4.65. The lowest BCUT2D eigenvalue weighted by atomic mass is 10.0. The van der Waals surface area contributed by atoms with Crippen molar-refractivity contribution in [1.29, 1.82) is 0 Å².